The zero-order chi connectivity index (χ0) is 16.5. The fraction of sp³-hybridized carbons (Fsp3) is 0.412. The van der Waals surface area contributed by atoms with Gasteiger partial charge in [-0.3, -0.25) is 4.79 Å². The summed E-state index contributed by atoms with van der Waals surface area (Å²) in [6.07, 6.45) is 8.38. The Hall–Kier alpha value is -1.79. The van der Waals surface area contributed by atoms with E-state index in [4.69, 9.17) is 5.73 Å². The number of nitrogens with two attached hydrogens (primary N) is 1. The number of unbranched alkanes of at least 4 members (excludes halogenated alkanes) is 3. The lowest BCUT2D eigenvalue weighted by Gasteiger charge is -2.07. The average molecular weight is 332 g/mol. The smallest absolute Gasteiger partial charge is 0.224 e. The molecule has 0 aliphatic carbocycles. The second-order valence-electron chi connectivity index (χ2n) is 5.45. The quantitative estimate of drug-likeness (QED) is 0.690. The maximum absolute atomic E-state index is 11.9. The van der Waals surface area contributed by atoms with E-state index in [1.165, 1.54) is 0 Å². The predicted molar refractivity (Wildman–Crippen MR) is 94.5 cm³/mol. The number of hydrogen-bond acceptors (Lipinski definition) is 4. The first-order chi connectivity index (χ1) is 11.2. The number of anilines is 1. The Morgan fingerprint density at radius 1 is 1.22 bits per heavy atom. The first kappa shape index (κ1) is 17.6. The highest BCUT2D eigenvalue weighted by Gasteiger charge is 2.05. The van der Waals surface area contributed by atoms with Crippen LogP contribution in [-0.4, -0.2) is 22.0 Å². The van der Waals surface area contributed by atoms with E-state index in [1.54, 1.807) is 18.0 Å². The summed E-state index contributed by atoms with van der Waals surface area (Å²) < 4.78 is 1.98. The molecule has 124 valence electrons. The summed E-state index contributed by atoms with van der Waals surface area (Å²) in [6, 6.07) is 7.85. The first-order valence-electron chi connectivity index (χ1n) is 7.94. The molecule has 5 nitrogen and oxygen atoms in total. The van der Waals surface area contributed by atoms with Gasteiger partial charge < -0.3 is 15.6 Å². The molecule has 0 spiro atoms. The van der Waals surface area contributed by atoms with Gasteiger partial charge in [0.15, 0.2) is 5.16 Å². The van der Waals surface area contributed by atoms with Crippen LogP contribution in [0, 0.1) is 0 Å². The Morgan fingerprint density at radius 2 is 1.96 bits per heavy atom. The normalized spacial score (nSPS) is 10.7. The van der Waals surface area contributed by atoms with E-state index in [0.717, 1.165) is 48.0 Å². The van der Waals surface area contributed by atoms with Crippen LogP contribution in [-0.2, 0) is 11.8 Å². The van der Waals surface area contributed by atoms with Gasteiger partial charge in [-0.15, -0.1) is 0 Å². The summed E-state index contributed by atoms with van der Waals surface area (Å²) in [5.74, 6) is 0.0715. The maximum Gasteiger partial charge on any atom is 0.224 e. The monoisotopic (exact) mass is 332 g/mol. The summed E-state index contributed by atoms with van der Waals surface area (Å²) in [4.78, 5) is 17.3. The molecular formula is C17H24N4OS. The van der Waals surface area contributed by atoms with Crippen molar-refractivity contribution in [3.63, 3.8) is 0 Å². The Balaban J connectivity index is 1.76. The minimum atomic E-state index is 0.0715. The van der Waals surface area contributed by atoms with E-state index in [1.807, 2.05) is 42.1 Å². The molecule has 0 aliphatic heterocycles. The number of benzene rings is 1. The second kappa shape index (κ2) is 9.37. The van der Waals surface area contributed by atoms with Gasteiger partial charge >= 0.3 is 0 Å². The molecule has 0 unspecified atom stereocenters. The van der Waals surface area contributed by atoms with Gasteiger partial charge in [-0.1, -0.05) is 24.6 Å². The highest BCUT2D eigenvalue weighted by atomic mass is 32.2. The van der Waals surface area contributed by atoms with Gasteiger partial charge in [-0.25, -0.2) is 4.98 Å². The molecule has 0 saturated heterocycles. The molecule has 23 heavy (non-hydrogen) atoms. The van der Waals surface area contributed by atoms with E-state index in [2.05, 4.69) is 10.3 Å². The highest BCUT2D eigenvalue weighted by Crippen LogP contribution is 2.26. The van der Waals surface area contributed by atoms with Crippen molar-refractivity contribution in [2.75, 3.05) is 11.9 Å². The topological polar surface area (TPSA) is 72.9 Å². The molecule has 1 heterocycles. The number of aryl methyl sites for hydroxylation is 1. The third-order valence-corrected chi connectivity index (χ3v) is 4.57. The minimum Gasteiger partial charge on any atom is -0.330 e. The zero-order valence-electron chi connectivity index (χ0n) is 13.5. The molecule has 1 amide bonds. The van der Waals surface area contributed by atoms with Gasteiger partial charge in [-0.2, -0.15) is 0 Å². The van der Waals surface area contributed by atoms with Crippen molar-refractivity contribution in [2.24, 2.45) is 12.8 Å². The van der Waals surface area contributed by atoms with Crippen LogP contribution in [0.3, 0.4) is 0 Å². The average Bonchev–Trinajstić information content (AvgIpc) is 2.94. The molecule has 0 atom stereocenters. The molecule has 0 fully saturated rings. The van der Waals surface area contributed by atoms with Crippen LogP contribution in [0.2, 0.25) is 0 Å². The summed E-state index contributed by atoms with van der Waals surface area (Å²) in [5.41, 5.74) is 6.28. The van der Waals surface area contributed by atoms with Gasteiger partial charge in [0.2, 0.25) is 5.91 Å². The SMILES string of the molecule is Cn1ccnc1Sc1ccc(NC(=O)CCCCCCN)cc1. The number of aromatic nitrogens is 2. The molecule has 2 rings (SSSR count). The van der Waals surface area contributed by atoms with Gasteiger partial charge in [-0.05, 0) is 43.7 Å². The lowest BCUT2D eigenvalue weighted by atomic mass is 10.1. The molecule has 2 aromatic rings. The van der Waals surface area contributed by atoms with Crippen LogP contribution >= 0.6 is 11.8 Å². The molecule has 0 bridgehead atoms. The Labute approximate surface area is 141 Å². The van der Waals surface area contributed by atoms with Crippen molar-refractivity contribution in [3.8, 4) is 0 Å². The van der Waals surface area contributed by atoms with E-state index < -0.39 is 0 Å². The lowest BCUT2D eigenvalue weighted by Crippen LogP contribution is -2.11. The molecule has 1 aromatic carbocycles. The van der Waals surface area contributed by atoms with E-state index in [0.29, 0.717) is 6.42 Å². The van der Waals surface area contributed by atoms with Crippen molar-refractivity contribution >= 4 is 23.4 Å². The number of rotatable bonds is 9. The van der Waals surface area contributed by atoms with Gasteiger partial charge in [0.1, 0.15) is 0 Å². The van der Waals surface area contributed by atoms with Crippen LogP contribution < -0.4 is 11.1 Å². The van der Waals surface area contributed by atoms with E-state index in [-0.39, 0.29) is 5.91 Å². The van der Waals surface area contributed by atoms with Crippen LogP contribution in [0.1, 0.15) is 32.1 Å². The second-order valence-corrected chi connectivity index (χ2v) is 6.49. The lowest BCUT2D eigenvalue weighted by molar-refractivity contribution is -0.116. The van der Waals surface area contributed by atoms with Crippen molar-refractivity contribution in [1.82, 2.24) is 9.55 Å². The summed E-state index contributed by atoms with van der Waals surface area (Å²) in [6.45, 7) is 0.731. The summed E-state index contributed by atoms with van der Waals surface area (Å²) in [7, 11) is 1.97. The standard InChI is InChI=1S/C17H24N4OS/c1-21-13-12-19-17(21)23-15-9-7-14(8-10-15)20-16(22)6-4-2-3-5-11-18/h7-10,12-13H,2-6,11,18H2,1H3,(H,20,22). The molecule has 0 saturated carbocycles. The van der Waals surface area contributed by atoms with Gasteiger partial charge in [0, 0.05) is 36.4 Å². The largest absolute Gasteiger partial charge is 0.330 e. The number of nitrogens with zero attached hydrogens (tertiary/aromatic N) is 2. The number of carbonyl (C=O) groups is 1. The Morgan fingerprint density at radius 3 is 2.61 bits per heavy atom. The number of nitrogens with one attached hydrogen (secondary N) is 1. The van der Waals surface area contributed by atoms with Gasteiger partial charge in [0.25, 0.3) is 0 Å². The summed E-state index contributed by atoms with van der Waals surface area (Å²) in [5, 5.41) is 3.88. The Kier molecular flexibility index (Phi) is 7.16. The first-order valence-corrected chi connectivity index (χ1v) is 8.76. The molecule has 3 N–H and O–H groups in total. The number of carbonyl (C=O) groups excluding carboxylic acids is 1. The zero-order valence-corrected chi connectivity index (χ0v) is 14.3. The summed E-state index contributed by atoms with van der Waals surface area (Å²) >= 11 is 1.60. The van der Waals surface area contributed by atoms with Crippen molar-refractivity contribution in [1.29, 1.82) is 0 Å². The molecule has 0 aliphatic rings. The predicted octanol–water partition coefficient (Wildman–Crippen LogP) is 3.42. The molecule has 1 aromatic heterocycles. The molecule has 0 radical (unpaired) electrons. The van der Waals surface area contributed by atoms with Crippen LogP contribution in [0.25, 0.3) is 0 Å². The van der Waals surface area contributed by atoms with Crippen molar-refractivity contribution < 1.29 is 4.79 Å². The highest BCUT2D eigenvalue weighted by molar-refractivity contribution is 7.99. The fourth-order valence-corrected chi connectivity index (χ4v) is 2.97. The Bertz CT molecular complexity index is 609. The van der Waals surface area contributed by atoms with E-state index >= 15 is 0 Å². The molecular weight excluding hydrogens is 308 g/mol. The third kappa shape index (κ3) is 6.08. The van der Waals surface area contributed by atoms with Crippen LogP contribution in [0.5, 0.6) is 0 Å². The number of imidazole rings is 1. The fourth-order valence-electron chi connectivity index (χ4n) is 2.17. The molecule has 6 heteroatoms. The van der Waals surface area contributed by atoms with Gasteiger partial charge in [0.05, 0.1) is 0 Å². The van der Waals surface area contributed by atoms with E-state index in [9.17, 15) is 4.79 Å². The van der Waals surface area contributed by atoms with Crippen LogP contribution in [0.4, 0.5) is 5.69 Å². The van der Waals surface area contributed by atoms with Crippen LogP contribution in [0.15, 0.2) is 46.7 Å². The van der Waals surface area contributed by atoms with Crippen molar-refractivity contribution in [3.05, 3.63) is 36.7 Å². The maximum atomic E-state index is 11.9. The number of hydrogen-bond donors (Lipinski definition) is 2. The third-order valence-electron chi connectivity index (χ3n) is 3.48. The van der Waals surface area contributed by atoms with Crippen molar-refractivity contribution in [2.45, 2.75) is 42.2 Å². The number of amides is 1. The minimum absolute atomic E-state index is 0.0715.